The number of carbonyl (C=O) groups excluding carboxylic acids is 3. The topological polar surface area (TPSA) is 100 Å². The maximum absolute atomic E-state index is 15.2. The van der Waals surface area contributed by atoms with Crippen molar-refractivity contribution in [2.45, 2.75) is 57.2 Å². The number of para-hydroxylation sites is 1. The standard InChI is InChI=1S/C35H35FN4O4/c1-21-7-6-8-25(13-21)37-34(43)39-32-33(42)40(20-30(41)44-35-17-22-14-23(18-35)16-24(15-22)19-35)29-12-5-3-10-27(29)31(38-32)26-9-2-4-11-28(26)36/h2-13,22-24,32H,14-20H2,1H3,(H2,37,39,43). The summed E-state index contributed by atoms with van der Waals surface area (Å²) in [5.74, 6) is 0.134. The molecule has 1 atom stereocenters. The minimum absolute atomic E-state index is 0.177. The molecular formula is C35H35FN4O4. The number of halogens is 1. The first-order chi connectivity index (χ1) is 21.2. The minimum Gasteiger partial charge on any atom is -0.458 e. The quantitative estimate of drug-likeness (QED) is 0.343. The second-order valence-corrected chi connectivity index (χ2v) is 12.8. The zero-order valence-electron chi connectivity index (χ0n) is 24.6. The van der Waals surface area contributed by atoms with E-state index in [9.17, 15) is 14.4 Å². The van der Waals surface area contributed by atoms with E-state index in [2.05, 4.69) is 15.6 Å². The maximum atomic E-state index is 15.2. The summed E-state index contributed by atoms with van der Waals surface area (Å²) >= 11 is 0. The highest BCUT2D eigenvalue weighted by atomic mass is 19.1. The van der Waals surface area contributed by atoms with Crippen LogP contribution in [0.15, 0.2) is 77.8 Å². The smallest absolute Gasteiger partial charge is 0.326 e. The van der Waals surface area contributed by atoms with Gasteiger partial charge in [0.2, 0.25) is 6.17 Å². The molecule has 1 heterocycles. The Labute approximate surface area is 255 Å². The van der Waals surface area contributed by atoms with Crippen molar-refractivity contribution in [2.75, 3.05) is 16.8 Å². The highest BCUT2D eigenvalue weighted by molar-refractivity contribution is 6.21. The molecule has 5 aliphatic rings. The number of amides is 3. The van der Waals surface area contributed by atoms with Crippen LogP contribution in [0.3, 0.4) is 0 Å². The van der Waals surface area contributed by atoms with E-state index < -0.39 is 35.5 Å². The predicted molar refractivity (Wildman–Crippen MR) is 165 cm³/mol. The fourth-order valence-corrected chi connectivity index (χ4v) is 8.13. The van der Waals surface area contributed by atoms with Crippen LogP contribution in [-0.4, -0.2) is 41.9 Å². The van der Waals surface area contributed by atoms with Gasteiger partial charge in [-0.3, -0.25) is 14.5 Å². The molecule has 0 spiro atoms. The Morgan fingerprint density at radius 2 is 1.59 bits per heavy atom. The number of nitrogens with one attached hydrogen (secondary N) is 2. The molecule has 1 unspecified atom stereocenters. The summed E-state index contributed by atoms with van der Waals surface area (Å²) in [6.07, 6.45) is 4.82. The fraction of sp³-hybridized carbons (Fsp3) is 0.371. The second-order valence-electron chi connectivity index (χ2n) is 12.8. The van der Waals surface area contributed by atoms with Gasteiger partial charge in [-0.15, -0.1) is 0 Å². The van der Waals surface area contributed by atoms with Crippen molar-refractivity contribution in [3.8, 4) is 0 Å². The number of anilines is 2. The van der Waals surface area contributed by atoms with E-state index in [0.717, 1.165) is 24.8 Å². The van der Waals surface area contributed by atoms with Gasteiger partial charge in [-0.05, 0) is 99.1 Å². The molecule has 3 aromatic rings. The lowest BCUT2D eigenvalue weighted by molar-refractivity contribution is -0.185. The number of rotatable bonds is 6. The Balaban J connectivity index is 1.21. The Morgan fingerprint density at radius 3 is 2.27 bits per heavy atom. The Kier molecular flexibility index (Phi) is 7.19. The van der Waals surface area contributed by atoms with Gasteiger partial charge in [0.1, 0.15) is 18.0 Å². The first-order valence-electron chi connectivity index (χ1n) is 15.3. The molecule has 9 heteroatoms. The number of nitrogens with zero attached hydrogens (tertiary/aromatic N) is 2. The summed E-state index contributed by atoms with van der Waals surface area (Å²) < 4.78 is 21.4. The van der Waals surface area contributed by atoms with E-state index in [0.29, 0.717) is 34.7 Å². The molecule has 44 heavy (non-hydrogen) atoms. The number of urea groups is 1. The molecule has 1 aliphatic heterocycles. The summed E-state index contributed by atoms with van der Waals surface area (Å²) in [5.41, 5.74) is 2.26. The Bertz CT molecular complexity index is 1630. The zero-order chi connectivity index (χ0) is 30.4. The van der Waals surface area contributed by atoms with Crippen molar-refractivity contribution in [1.82, 2.24) is 5.32 Å². The van der Waals surface area contributed by atoms with E-state index >= 15 is 4.39 Å². The second kappa shape index (κ2) is 11.2. The number of esters is 1. The molecule has 4 saturated carbocycles. The third-order valence-corrected chi connectivity index (χ3v) is 9.48. The molecule has 0 saturated heterocycles. The van der Waals surface area contributed by atoms with Crippen LogP contribution in [0.25, 0.3) is 0 Å². The van der Waals surface area contributed by atoms with E-state index in [1.165, 1.54) is 30.2 Å². The molecule has 3 aromatic carbocycles. The van der Waals surface area contributed by atoms with Gasteiger partial charge in [0.15, 0.2) is 0 Å². The Hall–Kier alpha value is -4.53. The van der Waals surface area contributed by atoms with E-state index in [4.69, 9.17) is 4.74 Å². The number of hydrogen-bond acceptors (Lipinski definition) is 5. The van der Waals surface area contributed by atoms with Gasteiger partial charge in [-0.2, -0.15) is 0 Å². The van der Waals surface area contributed by atoms with Crippen LogP contribution < -0.4 is 15.5 Å². The Morgan fingerprint density at radius 1 is 0.932 bits per heavy atom. The van der Waals surface area contributed by atoms with Crippen molar-refractivity contribution in [2.24, 2.45) is 22.7 Å². The molecule has 4 bridgehead atoms. The van der Waals surface area contributed by atoms with Gasteiger partial charge in [-0.1, -0.05) is 42.5 Å². The van der Waals surface area contributed by atoms with Crippen molar-refractivity contribution in [3.63, 3.8) is 0 Å². The SMILES string of the molecule is Cc1cccc(NC(=O)NC2N=C(c3ccccc3F)c3ccccc3N(CC(=O)OC34CC5CC(CC(C5)C3)C4)C2=O)c1. The molecule has 8 nitrogen and oxygen atoms in total. The largest absolute Gasteiger partial charge is 0.458 e. The molecule has 226 valence electrons. The first-order valence-corrected chi connectivity index (χ1v) is 15.3. The molecule has 8 rings (SSSR count). The van der Waals surface area contributed by atoms with Crippen LogP contribution in [-0.2, 0) is 14.3 Å². The number of benzene rings is 3. The monoisotopic (exact) mass is 594 g/mol. The highest BCUT2D eigenvalue weighted by Crippen LogP contribution is 2.57. The molecular weight excluding hydrogens is 559 g/mol. The maximum Gasteiger partial charge on any atom is 0.326 e. The number of aryl methyl sites for hydroxylation is 1. The lowest BCUT2D eigenvalue weighted by atomic mass is 9.54. The van der Waals surface area contributed by atoms with Crippen molar-refractivity contribution < 1.29 is 23.5 Å². The number of hydrogen-bond donors (Lipinski definition) is 2. The highest BCUT2D eigenvalue weighted by Gasteiger charge is 2.53. The zero-order valence-corrected chi connectivity index (χ0v) is 24.6. The van der Waals surface area contributed by atoms with Gasteiger partial charge in [0.05, 0.1) is 11.4 Å². The predicted octanol–water partition coefficient (Wildman–Crippen LogP) is 5.98. The van der Waals surface area contributed by atoms with Crippen LogP contribution >= 0.6 is 0 Å². The number of benzodiazepines with no additional fused rings is 1. The third kappa shape index (κ3) is 5.47. The average Bonchev–Trinajstić information content (AvgIpc) is 3.07. The lowest BCUT2D eigenvalue weighted by Crippen LogP contribution is -2.54. The summed E-state index contributed by atoms with van der Waals surface area (Å²) in [5, 5.41) is 5.40. The number of fused-ring (bicyclic) bond motifs is 1. The van der Waals surface area contributed by atoms with Gasteiger partial charge in [0.25, 0.3) is 5.91 Å². The minimum atomic E-state index is -1.44. The van der Waals surface area contributed by atoms with Crippen LogP contribution in [0.5, 0.6) is 0 Å². The average molecular weight is 595 g/mol. The van der Waals surface area contributed by atoms with Gasteiger partial charge < -0.3 is 15.4 Å². The summed E-state index contributed by atoms with van der Waals surface area (Å²) in [7, 11) is 0. The van der Waals surface area contributed by atoms with Gasteiger partial charge in [0, 0.05) is 16.8 Å². The van der Waals surface area contributed by atoms with Gasteiger partial charge >= 0.3 is 12.0 Å². The normalized spacial score (nSPS) is 26.8. The first kappa shape index (κ1) is 28.3. The molecule has 3 amide bonds. The summed E-state index contributed by atoms with van der Waals surface area (Å²) in [4.78, 5) is 46.9. The number of aliphatic imine (C=N–C) groups is 1. The van der Waals surface area contributed by atoms with Crippen LogP contribution in [0.4, 0.5) is 20.6 Å². The van der Waals surface area contributed by atoms with E-state index in [1.54, 1.807) is 54.6 Å². The molecule has 4 fully saturated rings. The fourth-order valence-electron chi connectivity index (χ4n) is 8.13. The summed E-state index contributed by atoms with van der Waals surface area (Å²) in [6.45, 7) is 1.55. The van der Waals surface area contributed by atoms with Crippen LogP contribution in [0.1, 0.15) is 55.2 Å². The molecule has 4 aliphatic carbocycles. The van der Waals surface area contributed by atoms with Gasteiger partial charge in [-0.25, -0.2) is 14.2 Å². The lowest BCUT2D eigenvalue weighted by Gasteiger charge is -2.55. The third-order valence-electron chi connectivity index (χ3n) is 9.48. The van der Waals surface area contributed by atoms with Crippen LogP contribution in [0, 0.1) is 30.5 Å². The number of ether oxygens (including phenoxy) is 1. The van der Waals surface area contributed by atoms with Crippen molar-refractivity contribution >= 4 is 35.0 Å². The van der Waals surface area contributed by atoms with Crippen LogP contribution in [0.2, 0.25) is 0 Å². The summed E-state index contributed by atoms with van der Waals surface area (Å²) in [6, 6.07) is 19.7. The number of carbonyl (C=O) groups is 3. The van der Waals surface area contributed by atoms with E-state index in [1.807, 2.05) is 19.1 Å². The molecule has 0 aromatic heterocycles. The molecule has 2 N–H and O–H groups in total. The van der Waals surface area contributed by atoms with E-state index in [-0.39, 0.29) is 17.8 Å². The van der Waals surface area contributed by atoms with Crippen molar-refractivity contribution in [3.05, 3.63) is 95.3 Å². The molecule has 0 radical (unpaired) electrons. The van der Waals surface area contributed by atoms with Crippen molar-refractivity contribution in [1.29, 1.82) is 0 Å².